The topological polar surface area (TPSA) is 0 Å². The Labute approximate surface area is 136 Å². The minimum atomic E-state index is 0.0167. The molecule has 1 aromatic carbocycles. The van der Waals surface area contributed by atoms with Gasteiger partial charge in [-0.05, 0) is 25.8 Å². The van der Waals surface area contributed by atoms with Crippen LogP contribution in [-0.4, -0.2) is 13.5 Å². The highest BCUT2D eigenvalue weighted by Crippen LogP contribution is 2.66. The zero-order valence-electron chi connectivity index (χ0n) is 9.68. The third kappa shape index (κ3) is 2.21. The first-order valence-electron chi connectivity index (χ1n) is 5.48. The van der Waals surface area contributed by atoms with Crippen molar-refractivity contribution in [2.24, 2.45) is 0 Å². The van der Waals surface area contributed by atoms with Crippen molar-refractivity contribution in [3.8, 4) is 0 Å². The van der Waals surface area contributed by atoms with Gasteiger partial charge in [0.25, 0.3) is 0 Å². The Morgan fingerprint density at radius 2 is 1.71 bits per heavy atom. The monoisotopic (exact) mass is 486 g/mol. The van der Waals surface area contributed by atoms with Gasteiger partial charge in [-0.25, -0.2) is 0 Å². The number of benzene rings is 1. The third-order valence-electron chi connectivity index (χ3n) is 3.56. The first-order valence-corrected chi connectivity index (χ1v) is 8.77. The van der Waals surface area contributed by atoms with E-state index < -0.39 is 0 Å². The van der Waals surface area contributed by atoms with Gasteiger partial charge < -0.3 is 0 Å². The fourth-order valence-corrected chi connectivity index (χ4v) is 6.71. The summed E-state index contributed by atoms with van der Waals surface area (Å²) in [6, 6.07) is 10.6. The summed E-state index contributed by atoms with van der Waals surface area (Å²) in [5.74, 6) is 0. The molecule has 0 bridgehead atoms. The van der Waals surface area contributed by atoms with E-state index in [0.717, 1.165) is 6.42 Å². The SMILES string of the molecule is CC(C)(Br)C1(Br)CC(Br)(c2ccccc2)C1Br. The summed E-state index contributed by atoms with van der Waals surface area (Å²) in [5, 5.41) is 0. The molecule has 1 aliphatic rings. The smallest absolute Gasteiger partial charge is 0.0658 e. The van der Waals surface area contributed by atoms with E-state index in [1.807, 2.05) is 0 Å². The molecular formula is C13H14Br4. The second-order valence-corrected chi connectivity index (χ2v) is 10.8. The van der Waals surface area contributed by atoms with E-state index in [1.165, 1.54) is 5.56 Å². The molecule has 0 saturated heterocycles. The number of hydrogen-bond acceptors (Lipinski definition) is 0. The van der Waals surface area contributed by atoms with E-state index in [1.54, 1.807) is 0 Å². The fraction of sp³-hybridized carbons (Fsp3) is 0.538. The molecule has 0 aromatic heterocycles. The van der Waals surface area contributed by atoms with Crippen molar-refractivity contribution in [1.82, 2.24) is 0 Å². The summed E-state index contributed by atoms with van der Waals surface area (Å²) in [6.07, 6.45) is 1.04. The van der Waals surface area contributed by atoms with Crippen LogP contribution in [0, 0.1) is 0 Å². The predicted octanol–water partition coefficient (Wildman–Crippen LogP) is 5.75. The molecule has 3 atom stereocenters. The molecule has 17 heavy (non-hydrogen) atoms. The molecule has 1 fully saturated rings. The normalized spacial score (nSPS) is 37.6. The van der Waals surface area contributed by atoms with E-state index >= 15 is 0 Å². The van der Waals surface area contributed by atoms with Gasteiger partial charge in [-0.3, -0.25) is 0 Å². The number of alkyl halides is 4. The molecule has 0 aliphatic heterocycles. The minimum absolute atomic E-state index is 0.0167. The Hall–Kier alpha value is 1.14. The zero-order valence-corrected chi connectivity index (χ0v) is 16.0. The van der Waals surface area contributed by atoms with Gasteiger partial charge in [-0.2, -0.15) is 0 Å². The third-order valence-corrected chi connectivity index (χ3v) is 10.5. The summed E-state index contributed by atoms with van der Waals surface area (Å²) >= 11 is 15.4. The Kier molecular flexibility index (Phi) is 3.94. The number of hydrogen-bond donors (Lipinski definition) is 0. The lowest BCUT2D eigenvalue weighted by Gasteiger charge is -2.60. The lowest BCUT2D eigenvalue weighted by Crippen LogP contribution is -2.66. The number of rotatable bonds is 2. The van der Waals surface area contributed by atoms with Gasteiger partial charge in [0, 0.05) is 4.32 Å². The summed E-state index contributed by atoms with van der Waals surface area (Å²) in [6.45, 7) is 4.40. The van der Waals surface area contributed by atoms with Crippen molar-refractivity contribution < 1.29 is 0 Å². The van der Waals surface area contributed by atoms with Crippen molar-refractivity contribution in [2.45, 2.75) is 38.1 Å². The molecule has 0 heterocycles. The summed E-state index contributed by atoms with van der Waals surface area (Å²) in [4.78, 5) is 0.333. The van der Waals surface area contributed by atoms with E-state index in [-0.39, 0.29) is 13.0 Å². The van der Waals surface area contributed by atoms with Crippen molar-refractivity contribution in [3.05, 3.63) is 35.9 Å². The van der Waals surface area contributed by atoms with E-state index in [0.29, 0.717) is 4.83 Å². The second kappa shape index (κ2) is 4.60. The summed E-state index contributed by atoms with van der Waals surface area (Å²) < 4.78 is 0.113. The molecule has 0 nitrogen and oxygen atoms in total. The molecule has 0 amide bonds. The summed E-state index contributed by atoms with van der Waals surface area (Å²) in [7, 11) is 0. The van der Waals surface area contributed by atoms with Gasteiger partial charge in [-0.15, -0.1) is 0 Å². The lowest BCUT2D eigenvalue weighted by atomic mass is 9.66. The van der Waals surface area contributed by atoms with Gasteiger partial charge in [0.15, 0.2) is 0 Å². The van der Waals surface area contributed by atoms with Crippen molar-refractivity contribution in [3.63, 3.8) is 0 Å². The quantitative estimate of drug-likeness (QED) is 0.464. The fourth-order valence-electron chi connectivity index (χ4n) is 2.26. The van der Waals surface area contributed by atoms with Crippen LogP contribution < -0.4 is 0 Å². The molecule has 0 radical (unpaired) electrons. The second-order valence-electron chi connectivity index (χ2n) is 5.10. The molecule has 1 aromatic rings. The van der Waals surface area contributed by atoms with Crippen molar-refractivity contribution >= 4 is 63.7 Å². The van der Waals surface area contributed by atoms with E-state index in [2.05, 4.69) is 108 Å². The van der Waals surface area contributed by atoms with E-state index in [4.69, 9.17) is 0 Å². The largest absolute Gasteiger partial charge is 0.0856 e. The average Bonchev–Trinajstić information content (AvgIpc) is 2.28. The van der Waals surface area contributed by atoms with Crippen molar-refractivity contribution in [1.29, 1.82) is 0 Å². The van der Waals surface area contributed by atoms with Gasteiger partial charge in [0.05, 0.1) is 13.5 Å². The molecule has 94 valence electrons. The van der Waals surface area contributed by atoms with Crippen LogP contribution in [-0.2, 0) is 4.32 Å². The van der Waals surface area contributed by atoms with Gasteiger partial charge in [-0.1, -0.05) is 94.1 Å². The van der Waals surface area contributed by atoms with Crippen LogP contribution >= 0.6 is 63.7 Å². The standard InChI is InChI=1S/C13H14Br4/c1-11(2,15)13(17)8-12(16,10(13)14)9-6-4-3-5-7-9/h3-7,10H,8H2,1-2H3. The molecule has 2 rings (SSSR count). The molecule has 4 heteroatoms. The Balaban J connectivity index is 2.30. The first-order chi connectivity index (χ1) is 7.72. The van der Waals surface area contributed by atoms with Crippen LogP contribution in [0.1, 0.15) is 25.8 Å². The number of halogens is 4. The Morgan fingerprint density at radius 3 is 2.12 bits per heavy atom. The van der Waals surface area contributed by atoms with Gasteiger partial charge >= 0.3 is 0 Å². The highest BCUT2D eigenvalue weighted by Gasteiger charge is 2.66. The van der Waals surface area contributed by atoms with E-state index in [9.17, 15) is 0 Å². The minimum Gasteiger partial charge on any atom is -0.0856 e. The maximum absolute atomic E-state index is 3.91. The van der Waals surface area contributed by atoms with Crippen molar-refractivity contribution in [2.75, 3.05) is 0 Å². The van der Waals surface area contributed by atoms with Gasteiger partial charge in [0.1, 0.15) is 0 Å². The highest BCUT2D eigenvalue weighted by molar-refractivity contribution is 9.15. The summed E-state index contributed by atoms with van der Waals surface area (Å²) in [5.41, 5.74) is 1.33. The predicted molar refractivity (Wildman–Crippen MR) is 89.0 cm³/mol. The van der Waals surface area contributed by atoms with Crippen LogP contribution in [0.25, 0.3) is 0 Å². The molecule has 0 N–H and O–H groups in total. The highest BCUT2D eigenvalue weighted by atomic mass is 79.9. The Bertz CT molecular complexity index is 411. The van der Waals surface area contributed by atoms with Crippen LogP contribution in [0.2, 0.25) is 0 Å². The first kappa shape index (κ1) is 14.5. The van der Waals surface area contributed by atoms with Crippen LogP contribution in [0.4, 0.5) is 0 Å². The van der Waals surface area contributed by atoms with Crippen LogP contribution in [0.15, 0.2) is 30.3 Å². The van der Waals surface area contributed by atoms with Crippen LogP contribution in [0.3, 0.4) is 0 Å². The molecule has 0 spiro atoms. The maximum atomic E-state index is 3.91. The molecule has 1 saturated carbocycles. The maximum Gasteiger partial charge on any atom is 0.0658 e. The van der Waals surface area contributed by atoms with Crippen LogP contribution in [0.5, 0.6) is 0 Å². The zero-order chi connectivity index (χ0) is 12.9. The Morgan fingerprint density at radius 1 is 1.18 bits per heavy atom. The molecular weight excluding hydrogens is 476 g/mol. The molecule has 3 unspecified atom stereocenters. The van der Waals surface area contributed by atoms with Gasteiger partial charge in [0.2, 0.25) is 0 Å². The average molecular weight is 490 g/mol. The molecule has 1 aliphatic carbocycles. The lowest BCUT2D eigenvalue weighted by molar-refractivity contribution is 0.267.